The van der Waals surface area contributed by atoms with E-state index < -0.39 is 0 Å². The first-order valence-electron chi connectivity index (χ1n) is 6.89. The fourth-order valence-electron chi connectivity index (χ4n) is 2.21. The zero-order valence-electron chi connectivity index (χ0n) is 12.5. The van der Waals surface area contributed by atoms with Gasteiger partial charge in [-0.2, -0.15) is 0 Å². The van der Waals surface area contributed by atoms with Crippen molar-refractivity contribution in [3.8, 4) is 11.3 Å². The molecule has 0 saturated carbocycles. The molecule has 6 heteroatoms. The van der Waals surface area contributed by atoms with Gasteiger partial charge in [0.1, 0.15) is 5.01 Å². The maximum atomic E-state index is 5.12. The fraction of sp³-hybridized carbons (Fsp3) is 0.250. The lowest BCUT2D eigenvalue weighted by Gasteiger charge is -2.02. The van der Waals surface area contributed by atoms with Crippen LogP contribution in [0.2, 0.25) is 0 Å². The molecule has 0 fully saturated rings. The van der Waals surface area contributed by atoms with Crippen LogP contribution < -0.4 is 0 Å². The van der Waals surface area contributed by atoms with Crippen LogP contribution in [0.15, 0.2) is 47.1 Å². The molecule has 0 saturated heterocycles. The quantitative estimate of drug-likeness (QED) is 0.642. The largest absolute Gasteiger partial charge is 0.378 e. The number of imidazole rings is 1. The Labute approximate surface area is 138 Å². The molecule has 4 nitrogen and oxygen atoms in total. The van der Waals surface area contributed by atoms with Gasteiger partial charge in [-0.05, 0) is 6.26 Å². The zero-order chi connectivity index (χ0) is 15.4. The average Bonchev–Trinajstić information content (AvgIpc) is 3.16. The van der Waals surface area contributed by atoms with Crippen molar-refractivity contribution in [2.24, 2.45) is 0 Å². The molecule has 0 amide bonds. The van der Waals surface area contributed by atoms with Gasteiger partial charge in [0.05, 0.1) is 24.5 Å². The van der Waals surface area contributed by atoms with E-state index in [1.807, 2.05) is 24.5 Å². The predicted octanol–water partition coefficient (Wildman–Crippen LogP) is 3.92. The van der Waals surface area contributed by atoms with Crippen LogP contribution in [0.1, 0.15) is 10.7 Å². The Bertz CT molecular complexity index is 737. The lowest BCUT2D eigenvalue weighted by Crippen LogP contribution is -2.00. The molecule has 0 aliphatic heterocycles. The van der Waals surface area contributed by atoms with E-state index in [4.69, 9.17) is 9.72 Å². The van der Waals surface area contributed by atoms with Crippen LogP contribution in [-0.2, 0) is 17.9 Å². The van der Waals surface area contributed by atoms with Crippen LogP contribution in [0.5, 0.6) is 0 Å². The average molecular weight is 331 g/mol. The molecule has 0 radical (unpaired) electrons. The summed E-state index contributed by atoms with van der Waals surface area (Å²) in [4.78, 5) is 9.30. The smallest absolute Gasteiger partial charge is 0.168 e. The molecule has 2 heterocycles. The second-order valence-corrected chi connectivity index (χ2v) is 6.49. The molecule has 114 valence electrons. The van der Waals surface area contributed by atoms with Gasteiger partial charge in [0.25, 0.3) is 0 Å². The molecule has 1 aromatic carbocycles. The van der Waals surface area contributed by atoms with Gasteiger partial charge in [-0.15, -0.1) is 11.3 Å². The Balaban J connectivity index is 1.85. The summed E-state index contributed by atoms with van der Waals surface area (Å²) in [7, 11) is 1.69. The predicted molar refractivity (Wildman–Crippen MR) is 91.4 cm³/mol. The number of rotatable bonds is 6. The van der Waals surface area contributed by atoms with E-state index in [2.05, 4.69) is 33.3 Å². The summed E-state index contributed by atoms with van der Waals surface area (Å²) >= 11 is 3.28. The van der Waals surface area contributed by atoms with E-state index in [-0.39, 0.29) is 0 Å². The first-order chi connectivity index (χ1) is 10.8. The van der Waals surface area contributed by atoms with Crippen molar-refractivity contribution in [1.29, 1.82) is 0 Å². The maximum absolute atomic E-state index is 5.12. The molecule has 0 aliphatic carbocycles. The third-order valence-corrected chi connectivity index (χ3v) is 4.75. The standard InChI is InChI=1S/C16H17N3OS2/c1-20-10-15-17-13(11-22-15)8-19-9-14(18-16(19)21-2)12-6-4-3-5-7-12/h3-7,9,11H,8,10H2,1-2H3. The topological polar surface area (TPSA) is 39.9 Å². The molecular formula is C16H17N3OS2. The minimum atomic E-state index is 0.569. The van der Waals surface area contributed by atoms with Crippen LogP contribution in [0, 0.1) is 0 Å². The van der Waals surface area contributed by atoms with E-state index in [0.717, 1.165) is 33.7 Å². The lowest BCUT2D eigenvalue weighted by atomic mass is 10.2. The molecule has 3 aromatic rings. The number of benzene rings is 1. The van der Waals surface area contributed by atoms with Gasteiger partial charge in [-0.1, -0.05) is 42.1 Å². The minimum absolute atomic E-state index is 0.569. The summed E-state index contributed by atoms with van der Waals surface area (Å²) in [6, 6.07) is 10.2. The minimum Gasteiger partial charge on any atom is -0.378 e. The van der Waals surface area contributed by atoms with Gasteiger partial charge >= 0.3 is 0 Å². The number of aromatic nitrogens is 3. The summed E-state index contributed by atoms with van der Waals surface area (Å²) in [5, 5.41) is 4.09. The second-order valence-electron chi connectivity index (χ2n) is 4.77. The molecule has 0 aliphatic rings. The van der Waals surface area contributed by atoms with Crippen molar-refractivity contribution in [2.75, 3.05) is 13.4 Å². The highest BCUT2D eigenvalue weighted by Gasteiger charge is 2.11. The van der Waals surface area contributed by atoms with Crippen LogP contribution in [0.3, 0.4) is 0 Å². The summed E-state index contributed by atoms with van der Waals surface area (Å²) in [6.07, 6.45) is 4.14. The molecular weight excluding hydrogens is 314 g/mol. The number of nitrogens with zero attached hydrogens (tertiary/aromatic N) is 3. The number of hydrogen-bond acceptors (Lipinski definition) is 5. The van der Waals surface area contributed by atoms with Crippen molar-refractivity contribution in [3.63, 3.8) is 0 Å². The van der Waals surface area contributed by atoms with Crippen LogP contribution in [0.4, 0.5) is 0 Å². The lowest BCUT2D eigenvalue weighted by molar-refractivity contribution is 0.184. The van der Waals surface area contributed by atoms with E-state index in [1.54, 1.807) is 30.2 Å². The van der Waals surface area contributed by atoms with E-state index in [9.17, 15) is 0 Å². The van der Waals surface area contributed by atoms with Gasteiger partial charge in [0.15, 0.2) is 5.16 Å². The summed E-state index contributed by atoms with van der Waals surface area (Å²) in [5.41, 5.74) is 3.18. The highest BCUT2D eigenvalue weighted by atomic mass is 32.2. The van der Waals surface area contributed by atoms with Gasteiger partial charge in [-0.3, -0.25) is 0 Å². The number of thiazole rings is 1. The summed E-state index contributed by atoms with van der Waals surface area (Å²) in [5.74, 6) is 0. The molecule has 0 atom stereocenters. The highest BCUT2D eigenvalue weighted by Crippen LogP contribution is 2.24. The van der Waals surface area contributed by atoms with Crippen molar-refractivity contribution < 1.29 is 4.74 Å². The van der Waals surface area contributed by atoms with Gasteiger partial charge < -0.3 is 9.30 Å². The summed E-state index contributed by atoms with van der Waals surface area (Å²) in [6.45, 7) is 1.30. The van der Waals surface area contributed by atoms with Crippen molar-refractivity contribution in [1.82, 2.24) is 14.5 Å². The van der Waals surface area contributed by atoms with Gasteiger partial charge in [-0.25, -0.2) is 9.97 Å². The first-order valence-corrected chi connectivity index (χ1v) is 8.99. The molecule has 22 heavy (non-hydrogen) atoms. The monoisotopic (exact) mass is 331 g/mol. The van der Waals surface area contributed by atoms with Crippen molar-refractivity contribution in [3.05, 3.63) is 52.6 Å². The van der Waals surface area contributed by atoms with E-state index >= 15 is 0 Å². The van der Waals surface area contributed by atoms with Gasteiger partial charge in [0, 0.05) is 24.3 Å². The Kier molecular flexibility index (Phi) is 4.92. The van der Waals surface area contributed by atoms with Crippen LogP contribution in [-0.4, -0.2) is 27.9 Å². The molecule has 3 rings (SSSR count). The Hall–Kier alpha value is -1.63. The Morgan fingerprint density at radius 3 is 2.77 bits per heavy atom. The van der Waals surface area contributed by atoms with E-state index in [1.165, 1.54) is 0 Å². The number of ether oxygens (including phenoxy) is 1. The maximum Gasteiger partial charge on any atom is 0.168 e. The van der Waals surface area contributed by atoms with Crippen LogP contribution in [0.25, 0.3) is 11.3 Å². The van der Waals surface area contributed by atoms with Crippen molar-refractivity contribution >= 4 is 23.1 Å². The molecule has 0 unspecified atom stereocenters. The first kappa shape index (κ1) is 15.3. The molecule has 2 aromatic heterocycles. The molecule has 0 bridgehead atoms. The summed E-state index contributed by atoms with van der Waals surface area (Å²) < 4.78 is 7.27. The van der Waals surface area contributed by atoms with Crippen LogP contribution >= 0.6 is 23.1 Å². The number of thioether (sulfide) groups is 1. The normalized spacial score (nSPS) is 11.0. The van der Waals surface area contributed by atoms with E-state index in [0.29, 0.717) is 6.61 Å². The number of hydrogen-bond donors (Lipinski definition) is 0. The third-order valence-electron chi connectivity index (χ3n) is 3.19. The molecule has 0 spiro atoms. The van der Waals surface area contributed by atoms with Gasteiger partial charge in [0.2, 0.25) is 0 Å². The Morgan fingerprint density at radius 2 is 2.05 bits per heavy atom. The third kappa shape index (κ3) is 3.40. The SMILES string of the molecule is COCc1nc(Cn2cc(-c3ccccc3)nc2SC)cs1. The highest BCUT2D eigenvalue weighted by molar-refractivity contribution is 7.98. The van der Waals surface area contributed by atoms with Crippen molar-refractivity contribution in [2.45, 2.75) is 18.3 Å². The number of methoxy groups -OCH3 is 1. The fourth-order valence-corrected chi connectivity index (χ4v) is 3.51. The molecule has 0 N–H and O–H groups in total. The second kappa shape index (κ2) is 7.09. The Morgan fingerprint density at radius 1 is 1.23 bits per heavy atom. The zero-order valence-corrected chi connectivity index (χ0v) is 14.2.